The van der Waals surface area contributed by atoms with Gasteiger partial charge in [0.2, 0.25) is 0 Å². The van der Waals surface area contributed by atoms with Gasteiger partial charge in [-0.25, -0.2) is 4.39 Å². The van der Waals surface area contributed by atoms with Crippen molar-refractivity contribution < 1.29 is 4.39 Å². The average molecular weight is 218 g/mol. The molecular weight excluding hydrogens is 203 g/mol. The Morgan fingerprint density at radius 1 is 1.12 bits per heavy atom. The van der Waals surface area contributed by atoms with Crippen molar-refractivity contribution in [2.75, 3.05) is 0 Å². The highest BCUT2D eigenvalue weighted by molar-refractivity contribution is 5.40. The predicted octanol–water partition coefficient (Wildman–Crippen LogP) is 2.69. The van der Waals surface area contributed by atoms with Gasteiger partial charge in [0.1, 0.15) is 5.82 Å². The Balaban J connectivity index is 2.57. The summed E-state index contributed by atoms with van der Waals surface area (Å²) in [5.74, 6) is -0.242. The number of halogens is 1. The predicted molar refractivity (Wildman–Crippen MR) is 63.1 cm³/mol. The highest BCUT2D eigenvalue weighted by atomic mass is 19.1. The van der Waals surface area contributed by atoms with E-state index in [2.05, 4.69) is 4.57 Å². The van der Waals surface area contributed by atoms with E-state index in [1.54, 1.807) is 12.1 Å². The minimum absolute atomic E-state index is 0.221. The highest BCUT2D eigenvalue weighted by Gasteiger charge is 2.06. The van der Waals surface area contributed by atoms with Gasteiger partial charge in [0.15, 0.2) is 0 Å². The van der Waals surface area contributed by atoms with E-state index in [9.17, 15) is 4.39 Å². The number of aromatic nitrogens is 1. The molecule has 2 N–H and O–H groups in total. The topological polar surface area (TPSA) is 30.9 Å². The Kier molecular flexibility index (Phi) is 2.79. The van der Waals surface area contributed by atoms with Crippen molar-refractivity contribution in [1.29, 1.82) is 0 Å². The number of rotatable bonds is 2. The molecule has 84 valence electrons. The van der Waals surface area contributed by atoms with Crippen LogP contribution >= 0.6 is 0 Å². The normalized spacial score (nSPS) is 10.8. The molecule has 0 spiro atoms. The lowest BCUT2D eigenvalue weighted by molar-refractivity contribution is 0.610. The van der Waals surface area contributed by atoms with Crippen LogP contribution in [0.4, 0.5) is 4.39 Å². The SMILES string of the molecule is Cc1ccc(C)n1-c1ccc(F)c(CN)c1. The van der Waals surface area contributed by atoms with Crippen molar-refractivity contribution in [3.05, 3.63) is 53.1 Å². The molecule has 3 heteroatoms. The summed E-state index contributed by atoms with van der Waals surface area (Å²) in [6.07, 6.45) is 0. The maximum absolute atomic E-state index is 13.3. The fourth-order valence-electron chi connectivity index (χ4n) is 1.93. The summed E-state index contributed by atoms with van der Waals surface area (Å²) < 4.78 is 15.4. The third-order valence-corrected chi connectivity index (χ3v) is 2.78. The van der Waals surface area contributed by atoms with Crippen LogP contribution in [-0.4, -0.2) is 4.57 Å². The fourth-order valence-corrected chi connectivity index (χ4v) is 1.93. The van der Waals surface area contributed by atoms with Gasteiger partial charge in [0.25, 0.3) is 0 Å². The van der Waals surface area contributed by atoms with Gasteiger partial charge in [0.05, 0.1) is 0 Å². The minimum Gasteiger partial charge on any atom is -0.326 e. The first kappa shape index (κ1) is 10.9. The number of benzene rings is 1. The molecule has 0 aliphatic rings. The molecule has 0 saturated carbocycles. The van der Waals surface area contributed by atoms with Gasteiger partial charge < -0.3 is 10.3 Å². The molecule has 0 fully saturated rings. The van der Waals surface area contributed by atoms with Crippen LogP contribution < -0.4 is 5.73 Å². The number of hydrogen-bond acceptors (Lipinski definition) is 1. The van der Waals surface area contributed by atoms with Crippen LogP contribution in [0.3, 0.4) is 0 Å². The van der Waals surface area contributed by atoms with E-state index >= 15 is 0 Å². The fraction of sp³-hybridized carbons (Fsp3) is 0.231. The second-order valence-electron chi connectivity index (χ2n) is 3.93. The van der Waals surface area contributed by atoms with E-state index in [-0.39, 0.29) is 12.4 Å². The summed E-state index contributed by atoms with van der Waals surface area (Å²) in [7, 11) is 0. The molecule has 1 heterocycles. The first-order valence-electron chi connectivity index (χ1n) is 5.27. The number of nitrogens with zero attached hydrogens (tertiary/aromatic N) is 1. The maximum atomic E-state index is 13.3. The molecule has 0 atom stereocenters. The van der Waals surface area contributed by atoms with Crippen molar-refractivity contribution in [3.8, 4) is 5.69 Å². The molecule has 2 nitrogen and oxygen atoms in total. The van der Waals surface area contributed by atoms with Crippen molar-refractivity contribution >= 4 is 0 Å². The Labute approximate surface area is 94.5 Å². The van der Waals surface area contributed by atoms with E-state index < -0.39 is 0 Å². The number of aryl methyl sites for hydroxylation is 2. The lowest BCUT2D eigenvalue weighted by atomic mass is 10.2. The molecule has 2 rings (SSSR count). The molecule has 0 aliphatic carbocycles. The van der Waals surface area contributed by atoms with Crippen LogP contribution in [0.5, 0.6) is 0 Å². The van der Waals surface area contributed by atoms with Gasteiger partial charge >= 0.3 is 0 Å². The maximum Gasteiger partial charge on any atom is 0.127 e. The minimum atomic E-state index is -0.242. The summed E-state index contributed by atoms with van der Waals surface area (Å²) in [5.41, 5.74) is 9.27. The Hall–Kier alpha value is -1.61. The first-order valence-corrected chi connectivity index (χ1v) is 5.27. The van der Waals surface area contributed by atoms with Crippen molar-refractivity contribution in [3.63, 3.8) is 0 Å². The monoisotopic (exact) mass is 218 g/mol. The van der Waals surface area contributed by atoms with E-state index in [4.69, 9.17) is 5.73 Å². The quantitative estimate of drug-likeness (QED) is 0.825. The second kappa shape index (κ2) is 4.10. The average Bonchev–Trinajstić information content (AvgIpc) is 2.60. The van der Waals surface area contributed by atoms with Crippen LogP contribution in [0.1, 0.15) is 17.0 Å². The molecule has 0 radical (unpaired) electrons. The van der Waals surface area contributed by atoms with E-state index in [0.717, 1.165) is 17.1 Å². The number of nitrogens with two attached hydrogens (primary N) is 1. The summed E-state index contributed by atoms with van der Waals surface area (Å²) in [6, 6.07) is 9.13. The first-order chi connectivity index (χ1) is 7.63. The molecule has 0 amide bonds. The molecule has 0 aliphatic heterocycles. The Morgan fingerprint density at radius 3 is 2.31 bits per heavy atom. The molecule has 16 heavy (non-hydrogen) atoms. The largest absolute Gasteiger partial charge is 0.326 e. The van der Waals surface area contributed by atoms with Gasteiger partial charge in [-0.05, 0) is 44.2 Å². The lowest BCUT2D eigenvalue weighted by Crippen LogP contribution is -2.04. The Bertz CT molecular complexity index is 495. The molecule has 1 aromatic carbocycles. The van der Waals surface area contributed by atoms with Crippen LogP contribution in [-0.2, 0) is 6.54 Å². The third kappa shape index (κ3) is 1.74. The summed E-state index contributed by atoms with van der Waals surface area (Å²) in [6.45, 7) is 4.27. The molecule has 1 aromatic heterocycles. The van der Waals surface area contributed by atoms with E-state index in [1.807, 2.05) is 26.0 Å². The highest BCUT2D eigenvalue weighted by Crippen LogP contribution is 2.19. The molecular formula is C13H15FN2. The summed E-state index contributed by atoms with van der Waals surface area (Å²) in [4.78, 5) is 0. The molecule has 0 bridgehead atoms. The zero-order valence-electron chi connectivity index (χ0n) is 9.50. The van der Waals surface area contributed by atoms with Crippen LogP contribution in [0, 0.1) is 19.7 Å². The standard InChI is InChI=1S/C13H15FN2/c1-9-3-4-10(2)16(9)12-5-6-13(14)11(7-12)8-15/h3-7H,8,15H2,1-2H3. The van der Waals surface area contributed by atoms with E-state index in [1.165, 1.54) is 6.07 Å². The summed E-state index contributed by atoms with van der Waals surface area (Å²) in [5, 5.41) is 0. The third-order valence-electron chi connectivity index (χ3n) is 2.78. The van der Waals surface area contributed by atoms with Crippen molar-refractivity contribution in [2.45, 2.75) is 20.4 Å². The van der Waals surface area contributed by atoms with Gasteiger partial charge in [0, 0.05) is 29.2 Å². The summed E-state index contributed by atoms with van der Waals surface area (Å²) >= 11 is 0. The zero-order chi connectivity index (χ0) is 11.7. The number of hydrogen-bond donors (Lipinski definition) is 1. The van der Waals surface area contributed by atoms with E-state index in [0.29, 0.717) is 5.56 Å². The smallest absolute Gasteiger partial charge is 0.127 e. The van der Waals surface area contributed by atoms with Gasteiger partial charge in [-0.2, -0.15) is 0 Å². The zero-order valence-corrected chi connectivity index (χ0v) is 9.50. The van der Waals surface area contributed by atoms with Gasteiger partial charge in [-0.1, -0.05) is 0 Å². The van der Waals surface area contributed by atoms with Crippen LogP contribution in [0.15, 0.2) is 30.3 Å². The van der Waals surface area contributed by atoms with Crippen molar-refractivity contribution in [1.82, 2.24) is 4.57 Å². The van der Waals surface area contributed by atoms with Crippen LogP contribution in [0.25, 0.3) is 5.69 Å². The van der Waals surface area contributed by atoms with Gasteiger partial charge in [-0.3, -0.25) is 0 Å². The lowest BCUT2D eigenvalue weighted by Gasteiger charge is -2.11. The van der Waals surface area contributed by atoms with Crippen molar-refractivity contribution in [2.24, 2.45) is 5.73 Å². The van der Waals surface area contributed by atoms with Crippen LogP contribution in [0.2, 0.25) is 0 Å². The van der Waals surface area contributed by atoms with Gasteiger partial charge in [-0.15, -0.1) is 0 Å². The second-order valence-corrected chi connectivity index (χ2v) is 3.93. The molecule has 2 aromatic rings. The molecule has 0 saturated heterocycles. The molecule has 0 unspecified atom stereocenters. The Morgan fingerprint density at radius 2 is 1.75 bits per heavy atom.